The summed E-state index contributed by atoms with van der Waals surface area (Å²) in [6, 6.07) is 3.67. The molecule has 0 aromatic carbocycles. The van der Waals surface area contributed by atoms with Gasteiger partial charge in [-0.3, -0.25) is 10.2 Å². The van der Waals surface area contributed by atoms with Gasteiger partial charge in [0.25, 0.3) is 0 Å². The summed E-state index contributed by atoms with van der Waals surface area (Å²) in [6.07, 6.45) is -0.124. The molecule has 1 fully saturated rings. The number of aliphatic hydroxyl groups is 5. The van der Waals surface area contributed by atoms with E-state index in [4.69, 9.17) is 25.5 Å². The first-order chi connectivity index (χ1) is 10.6. The van der Waals surface area contributed by atoms with Gasteiger partial charge in [-0.2, -0.15) is 10.2 Å². The predicted molar refractivity (Wildman–Crippen MR) is 76.8 cm³/mol. The Labute approximate surface area is 148 Å². The second-order valence-electron chi connectivity index (χ2n) is 4.25. The molecule has 0 amide bonds. The molecule has 12 heteroatoms. The average molecular weight is 398 g/mol. The topological polar surface area (TPSA) is 199 Å². The molecule has 1 saturated heterocycles. The molecule has 9 N–H and O–H groups in total. The van der Waals surface area contributed by atoms with Crippen LogP contribution in [0.5, 0.6) is 0 Å². The molecule has 3 rings (SSSR count). The van der Waals surface area contributed by atoms with E-state index < -0.39 is 37.3 Å². The van der Waals surface area contributed by atoms with Gasteiger partial charge in [-0.05, 0) is 12.1 Å². The van der Waals surface area contributed by atoms with Gasteiger partial charge in [0.1, 0.15) is 24.4 Å². The molecule has 2 aromatic rings. The Balaban J connectivity index is 0. The van der Waals surface area contributed by atoms with E-state index in [9.17, 15) is 0 Å². The molecular weight excluding hydrogens is 376 g/mol. The van der Waals surface area contributed by atoms with Crippen LogP contribution in [0.3, 0.4) is 0 Å². The number of nitrogens with one attached hydrogen (secondary N) is 2. The third-order valence-electron chi connectivity index (χ3n) is 2.68. The molecule has 1 aliphatic rings. The van der Waals surface area contributed by atoms with E-state index in [1.165, 1.54) is 0 Å². The van der Waals surface area contributed by atoms with Crippen LogP contribution in [0.1, 0.15) is 0 Å². The van der Waals surface area contributed by atoms with Crippen molar-refractivity contribution in [1.29, 1.82) is 0 Å². The molecule has 141 valence electrons. The van der Waals surface area contributed by atoms with Gasteiger partial charge in [0.05, 0.1) is 6.61 Å². The van der Waals surface area contributed by atoms with Crippen molar-refractivity contribution in [2.75, 3.05) is 6.61 Å². The number of hydrogen-bond donors (Lipinski definition) is 7. The van der Waals surface area contributed by atoms with Crippen molar-refractivity contribution in [3.8, 4) is 0 Å². The summed E-state index contributed by atoms with van der Waals surface area (Å²) in [5, 5.41) is 57.1. The molecule has 0 unspecified atom stereocenters. The maximum absolute atomic E-state index is 9.12. The second-order valence-corrected chi connectivity index (χ2v) is 4.25. The fraction of sp³-hybridized carbons (Fsp3) is 0.500. The van der Waals surface area contributed by atoms with Gasteiger partial charge >= 0.3 is 17.1 Å². The molecule has 24 heavy (non-hydrogen) atoms. The van der Waals surface area contributed by atoms with Gasteiger partial charge in [0.2, 0.25) is 0 Å². The van der Waals surface area contributed by atoms with Gasteiger partial charge in [-0.1, -0.05) is 0 Å². The van der Waals surface area contributed by atoms with Crippen LogP contribution in [0.15, 0.2) is 36.9 Å². The Hall–Kier alpha value is -1.34. The minimum atomic E-state index is -1.57. The fourth-order valence-electron chi connectivity index (χ4n) is 1.51. The van der Waals surface area contributed by atoms with Crippen LogP contribution in [0.2, 0.25) is 0 Å². The number of H-pyrrole nitrogens is 2. The Morgan fingerprint density at radius 3 is 1.67 bits per heavy atom. The Morgan fingerprint density at radius 1 is 0.875 bits per heavy atom. The molecule has 3 heterocycles. The number of aliphatic hydroxyl groups excluding tert-OH is 5. The van der Waals surface area contributed by atoms with Crippen molar-refractivity contribution in [3.63, 3.8) is 0 Å². The monoisotopic (exact) mass is 397 g/mol. The van der Waals surface area contributed by atoms with Crippen LogP contribution < -0.4 is 0 Å². The minimum Gasteiger partial charge on any atom is -0.412 e. The smallest absolute Gasteiger partial charge is 0.412 e. The summed E-state index contributed by atoms with van der Waals surface area (Å²) in [5.74, 6) is 0. The Kier molecular flexibility index (Phi) is 14.6. The van der Waals surface area contributed by atoms with Crippen molar-refractivity contribution in [2.24, 2.45) is 0 Å². The van der Waals surface area contributed by atoms with Gasteiger partial charge < -0.3 is 35.7 Å². The normalized spacial score (nSPS) is 28.0. The third-order valence-corrected chi connectivity index (χ3v) is 2.68. The van der Waals surface area contributed by atoms with E-state index in [1.807, 2.05) is 12.1 Å². The minimum absolute atomic E-state index is 0. The molecule has 0 spiro atoms. The van der Waals surface area contributed by atoms with Gasteiger partial charge in [-0.15, -0.1) is 0 Å². The number of rotatable bonds is 1. The van der Waals surface area contributed by atoms with Crippen LogP contribution in [-0.2, 0) is 21.8 Å². The standard InChI is InChI=1S/C6H12O6.2C3H4N2.Cu.H2O/c7-1-2-3(8)4(9)5(10)6(11)12-2;2*1-2-4-5-3-1;;/h2-11H,1H2;2*1-3H,(H,4,5);;1H2/q;;;+2;/t2-,3-,4+,5-,6-;;;;/m1..../s1. The van der Waals surface area contributed by atoms with Crippen molar-refractivity contribution >= 4 is 0 Å². The first kappa shape index (κ1) is 24.9. The Morgan fingerprint density at radius 2 is 1.38 bits per heavy atom. The summed E-state index contributed by atoms with van der Waals surface area (Å²) < 4.78 is 4.58. The summed E-state index contributed by atoms with van der Waals surface area (Å²) in [4.78, 5) is 0. The summed E-state index contributed by atoms with van der Waals surface area (Å²) >= 11 is 0. The molecule has 0 aliphatic carbocycles. The molecule has 1 aliphatic heterocycles. The Bertz CT molecular complexity index is 396. The second kappa shape index (κ2) is 14.0. The molecule has 2 aromatic heterocycles. The first-order valence-corrected chi connectivity index (χ1v) is 6.44. The average Bonchev–Trinajstić information content (AvgIpc) is 3.26. The van der Waals surface area contributed by atoms with E-state index in [0.717, 1.165) is 0 Å². The number of nitrogens with zero attached hydrogens (tertiary/aromatic N) is 2. The molecule has 0 bridgehead atoms. The van der Waals surface area contributed by atoms with Crippen molar-refractivity contribution in [1.82, 2.24) is 20.4 Å². The van der Waals surface area contributed by atoms with E-state index in [2.05, 4.69) is 25.1 Å². The molecular formula is C12H22CuN4O7+2. The van der Waals surface area contributed by atoms with E-state index in [1.54, 1.807) is 24.8 Å². The summed E-state index contributed by atoms with van der Waals surface area (Å²) in [7, 11) is 0. The number of aromatic nitrogens is 4. The zero-order chi connectivity index (χ0) is 16.4. The largest absolute Gasteiger partial charge is 2.00 e. The maximum Gasteiger partial charge on any atom is 2.00 e. The number of ether oxygens (including phenoxy) is 1. The number of hydrogen-bond acceptors (Lipinski definition) is 8. The summed E-state index contributed by atoms with van der Waals surface area (Å²) in [6.45, 7) is -0.526. The van der Waals surface area contributed by atoms with Crippen LogP contribution in [-0.4, -0.2) is 88.7 Å². The molecule has 11 nitrogen and oxygen atoms in total. The zero-order valence-electron chi connectivity index (χ0n) is 12.4. The fourth-order valence-corrected chi connectivity index (χ4v) is 1.51. The SMILES string of the molecule is O.OC[C@H]1O[C@@H](O)[C@H](O)[C@@H](O)[C@@H]1O.[Cu+2].c1cn[nH]c1.c1cn[nH]c1. The quantitative estimate of drug-likeness (QED) is 0.243. The third kappa shape index (κ3) is 8.49. The van der Waals surface area contributed by atoms with Crippen LogP contribution in [0.25, 0.3) is 0 Å². The van der Waals surface area contributed by atoms with Crippen LogP contribution in [0.4, 0.5) is 0 Å². The predicted octanol–water partition coefficient (Wildman–Crippen LogP) is -3.23. The first-order valence-electron chi connectivity index (χ1n) is 6.44. The van der Waals surface area contributed by atoms with Crippen molar-refractivity contribution in [2.45, 2.75) is 30.7 Å². The van der Waals surface area contributed by atoms with Gasteiger partial charge in [0.15, 0.2) is 6.29 Å². The van der Waals surface area contributed by atoms with Gasteiger partial charge in [0, 0.05) is 24.8 Å². The van der Waals surface area contributed by atoms with Crippen molar-refractivity contribution in [3.05, 3.63) is 36.9 Å². The maximum atomic E-state index is 9.12. The number of aromatic amines is 2. The van der Waals surface area contributed by atoms with Crippen LogP contribution in [0, 0.1) is 0 Å². The molecule has 1 radical (unpaired) electrons. The van der Waals surface area contributed by atoms with Crippen LogP contribution >= 0.6 is 0 Å². The zero-order valence-corrected chi connectivity index (χ0v) is 13.3. The molecule has 5 atom stereocenters. The molecule has 0 saturated carbocycles. The van der Waals surface area contributed by atoms with E-state index in [0.29, 0.717) is 0 Å². The van der Waals surface area contributed by atoms with E-state index >= 15 is 0 Å². The van der Waals surface area contributed by atoms with Crippen molar-refractivity contribution < 1.29 is 52.8 Å². The van der Waals surface area contributed by atoms with E-state index in [-0.39, 0.29) is 22.5 Å². The van der Waals surface area contributed by atoms with Gasteiger partial charge in [-0.25, -0.2) is 0 Å². The summed E-state index contributed by atoms with van der Waals surface area (Å²) in [5.41, 5.74) is 0.